The summed E-state index contributed by atoms with van der Waals surface area (Å²) in [6, 6.07) is 4.00. The van der Waals surface area contributed by atoms with E-state index in [1.54, 1.807) is 11.0 Å². The van der Waals surface area contributed by atoms with E-state index in [1.807, 2.05) is 12.1 Å². The molecule has 11 heteroatoms. The van der Waals surface area contributed by atoms with E-state index in [0.29, 0.717) is 38.5 Å². The molecule has 3 atom stereocenters. The minimum Gasteiger partial charge on any atom is -0.481 e. The van der Waals surface area contributed by atoms with Crippen molar-refractivity contribution in [1.82, 2.24) is 19.7 Å². The van der Waals surface area contributed by atoms with Crippen molar-refractivity contribution in [3.8, 4) is 5.69 Å². The number of halogens is 3. The molecule has 1 aliphatic carbocycles. The number of hydrogen-bond acceptors (Lipinski definition) is 6. The molecular weight excluding hydrogens is 521 g/mol. The molecule has 2 fully saturated rings. The van der Waals surface area contributed by atoms with Crippen LogP contribution in [0.3, 0.4) is 0 Å². The fourth-order valence-electron chi connectivity index (χ4n) is 4.69. The minimum atomic E-state index is -0.860. The average molecular weight is 541 g/mol. The Labute approximate surface area is 202 Å². The van der Waals surface area contributed by atoms with E-state index < -0.39 is 5.97 Å². The Morgan fingerprint density at radius 1 is 1.28 bits per heavy atom. The van der Waals surface area contributed by atoms with Crippen LogP contribution >= 0.6 is 39.1 Å². The third-order valence-corrected chi connectivity index (χ3v) is 8.13. The van der Waals surface area contributed by atoms with E-state index in [-0.39, 0.29) is 19.1 Å². The van der Waals surface area contributed by atoms with E-state index in [2.05, 4.69) is 30.9 Å². The molecule has 1 N–H and O–H groups in total. The number of pyridine rings is 1. The van der Waals surface area contributed by atoms with E-state index >= 15 is 0 Å². The molecule has 3 aromatic rings. The number of aromatic nitrogens is 4. The van der Waals surface area contributed by atoms with Crippen LogP contribution in [-0.2, 0) is 9.53 Å². The van der Waals surface area contributed by atoms with Gasteiger partial charge in [-0.3, -0.25) is 4.79 Å². The van der Waals surface area contributed by atoms with E-state index in [4.69, 9.17) is 38.0 Å². The second-order valence-corrected chi connectivity index (χ2v) is 9.77. The summed E-state index contributed by atoms with van der Waals surface area (Å²) in [4.78, 5) is 22.1. The van der Waals surface area contributed by atoms with Crippen LogP contribution in [0.25, 0.3) is 16.6 Å². The molecular formula is C21H20BrCl2N5O3. The van der Waals surface area contributed by atoms with Gasteiger partial charge in [-0.15, -0.1) is 0 Å². The molecule has 32 heavy (non-hydrogen) atoms. The Hall–Kier alpha value is -1.94. The van der Waals surface area contributed by atoms with Gasteiger partial charge in [0.2, 0.25) is 0 Å². The first-order valence-corrected chi connectivity index (χ1v) is 11.9. The number of rotatable bonds is 7. The summed E-state index contributed by atoms with van der Waals surface area (Å²) >= 11 is 16.5. The second-order valence-electron chi connectivity index (χ2n) is 8.16. The number of nitrogens with zero attached hydrogens (tertiary/aromatic N) is 5. The maximum Gasteiger partial charge on any atom is 0.305 e. The van der Waals surface area contributed by atoms with Crippen molar-refractivity contribution in [3.05, 3.63) is 39.3 Å². The van der Waals surface area contributed by atoms with Crippen LogP contribution in [0.15, 0.2) is 29.3 Å². The lowest BCUT2D eigenvalue weighted by Gasteiger charge is -2.34. The number of carbonyl (C=O) groups is 1. The van der Waals surface area contributed by atoms with Crippen LogP contribution < -0.4 is 4.90 Å². The van der Waals surface area contributed by atoms with Crippen LogP contribution in [0.4, 0.5) is 5.82 Å². The van der Waals surface area contributed by atoms with Gasteiger partial charge in [0.25, 0.3) is 0 Å². The van der Waals surface area contributed by atoms with Crippen molar-refractivity contribution >= 4 is 61.8 Å². The molecule has 0 radical (unpaired) electrons. The van der Waals surface area contributed by atoms with Crippen LogP contribution in [0.5, 0.6) is 0 Å². The first-order chi connectivity index (χ1) is 15.4. The number of carboxylic acids is 1. The van der Waals surface area contributed by atoms with Gasteiger partial charge in [-0.1, -0.05) is 23.2 Å². The maximum absolute atomic E-state index is 10.8. The van der Waals surface area contributed by atoms with Crippen LogP contribution in [-0.4, -0.2) is 56.6 Å². The van der Waals surface area contributed by atoms with Crippen LogP contribution in [0.2, 0.25) is 10.0 Å². The number of ether oxygens (including phenoxy) is 1. The summed E-state index contributed by atoms with van der Waals surface area (Å²) in [7, 11) is 0. The summed E-state index contributed by atoms with van der Waals surface area (Å²) in [6.45, 7) is 1.53. The molecule has 168 valence electrons. The smallest absolute Gasteiger partial charge is 0.305 e. The second kappa shape index (κ2) is 8.78. The molecule has 8 nitrogen and oxygen atoms in total. The first-order valence-electron chi connectivity index (χ1n) is 10.3. The standard InChI is InChI=1S/C21H20BrCl2N5O3/c22-14-5-13-15(29-10-25-9-26-29)6-17(27-21(13)20(24)19(14)23)28-7-11-1-2-12(11)16(28)8-32-4-3-18(30)31/h5-6,9-12,16H,1-4,7-8H2,(H,30,31)/t11?,12?,16-/m1/s1. The lowest BCUT2D eigenvalue weighted by Crippen LogP contribution is -2.39. The fraction of sp³-hybridized carbons (Fsp3) is 0.429. The summed E-state index contributed by atoms with van der Waals surface area (Å²) < 4.78 is 8.12. The Kier molecular flexibility index (Phi) is 6.00. The molecule has 0 spiro atoms. The van der Waals surface area contributed by atoms with Gasteiger partial charge in [0.05, 0.1) is 46.9 Å². The quantitative estimate of drug-likeness (QED) is 0.346. The summed E-state index contributed by atoms with van der Waals surface area (Å²) in [5.41, 5.74) is 1.39. The highest BCUT2D eigenvalue weighted by Gasteiger charge is 2.47. The normalized spacial score (nSPS) is 22.2. The van der Waals surface area contributed by atoms with E-state index in [0.717, 1.165) is 29.9 Å². The zero-order valence-electron chi connectivity index (χ0n) is 16.9. The molecule has 1 saturated heterocycles. The molecule has 2 aromatic heterocycles. The number of aliphatic carboxylic acids is 1. The third-order valence-electron chi connectivity index (χ3n) is 6.42. The first kappa shape index (κ1) is 21.9. The highest BCUT2D eigenvalue weighted by molar-refractivity contribution is 9.10. The fourth-order valence-corrected chi connectivity index (χ4v) is 5.63. The van der Waals surface area contributed by atoms with Gasteiger partial charge in [0, 0.05) is 22.5 Å². The van der Waals surface area contributed by atoms with Gasteiger partial charge >= 0.3 is 5.97 Å². The van der Waals surface area contributed by atoms with Crippen molar-refractivity contribution in [2.45, 2.75) is 25.3 Å². The average Bonchev–Trinajstić information content (AvgIpc) is 3.36. The summed E-state index contributed by atoms with van der Waals surface area (Å²) in [6.07, 6.45) is 5.42. The number of fused-ring (bicyclic) bond motifs is 2. The van der Waals surface area contributed by atoms with Gasteiger partial charge in [0.15, 0.2) is 0 Å². The number of hydrogen-bond donors (Lipinski definition) is 1. The largest absolute Gasteiger partial charge is 0.481 e. The Bertz CT molecular complexity index is 1180. The molecule has 2 unspecified atom stereocenters. The van der Waals surface area contributed by atoms with Gasteiger partial charge in [-0.05, 0) is 46.7 Å². The Balaban J connectivity index is 1.56. The third kappa shape index (κ3) is 3.85. The highest BCUT2D eigenvalue weighted by Crippen LogP contribution is 2.47. The molecule has 0 bridgehead atoms. The Morgan fingerprint density at radius 3 is 2.81 bits per heavy atom. The highest BCUT2D eigenvalue weighted by atomic mass is 79.9. The zero-order chi connectivity index (χ0) is 22.4. The molecule has 1 aliphatic heterocycles. The predicted octanol–water partition coefficient (Wildman–Crippen LogP) is 4.59. The van der Waals surface area contributed by atoms with Gasteiger partial charge in [-0.2, -0.15) is 5.10 Å². The van der Waals surface area contributed by atoms with Crippen molar-refractivity contribution in [1.29, 1.82) is 0 Å². The Morgan fingerprint density at radius 2 is 2.12 bits per heavy atom. The van der Waals surface area contributed by atoms with Crippen molar-refractivity contribution < 1.29 is 14.6 Å². The van der Waals surface area contributed by atoms with Crippen LogP contribution in [0, 0.1) is 11.8 Å². The monoisotopic (exact) mass is 539 g/mol. The summed E-state index contributed by atoms with van der Waals surface area (Å²) in [5.74, 6) is 1.00. The van der Waals surface area contributed by atoms with Crippen molar-refractivity contribution in [2.75, 3.05) is 24.7 Å². The summed E-state index contributed by atoms with van der Waals surface area (Å²) in [5, 5.41) is 14.8. The van der Waals surface area contributed by atoms with Crippen molar-refractivity contribution in [2.24, 2.45) is 11.8 Å². The molecule has 2 aliphatic rings. The zero-order valence-corrected chi connectivity index (χ0v) is 20.0. The van der Waals surface area contributed by atoms with Crippen LogP contribution in [0.1, 0.15) is 19.3 Å². The number of carboxylic acid groups (broad SMARTS) is 1. The molecule has 5 rings (SSSR count). The predicted molar refractivity (Wildman–Crippen MR) is 125 cm³/mol. The molecule has 1 aromatic carbocycles. The lowest BCUT2D eigenvalue weighted by atomic mass is 9.73. The molecule has 3 heterocycles. The maximum atomic E-state index is 10.8. The van der Waals surface area contributed by atoms with Gasteiger partial charge in [0.1, 0.15) is 18.5 Å². The SMILES string of the molecule is O=C(O)CCOC[C@@H]1C2CCC2CN1c1cc(-n2cncn2)c2cc(Br)c(Cl)c(Cl)c2n1. The van der Waals surface area contributed by atoms with Gasteiger partial charge < -0.3 is 14.7 Å². The molecule has 0 amide bonds. The van der Waals surface area contributed by atoms with E-state index in [9.17, 15) is 4.79 Å². The van der Waals surface area contributed by atoms with Crippen molar-refractivity contribution in [3.63, 3.8) is 0 Å². The van der Waals surface area contributed by atoms with Gasteiger partial charge in [-0.25, -0.2) is 14.6 Å². The number of benzene rings is 1. The lowest BCUT2D eigenvalue weighted by molar-refractivity contribution is -0.138. The topological polar surface area (TPSA) is 93.4 Å². The minimum absolute atomic E-state index is 0.00548. The number of anilines is 1. The molecule has 1 saturated carbocycles. The van der Waals surface area contributed by atoms with E-state index in [1.165, 1.54) is 12.7 Å².